The Kier molecular flexibility index (Phi) is 9.54. The Bertz CT molecular complexity index is 483. The molecule has 0 unspecified atom stereocenters. The number of nitrogens with one attached hydrogen (secondary N) is 2. The minimum absolute atomic E-state index is 0. The van der Waals surface area contributed by atoms with Gasteiger partial charge in [-0.2, -0.15) is 0 Å². The van der Waals surface area contributed by atoms with E-state index in [4.69, 9.17) is 0 Å². The number of hydrogen-bond donors (Lipinski definition) is 2. The Morgan fingerprint density at radius 2 is 1.95 bits per heavy atom. The number of halogens is 2. The van der Waals surface area contributed by atoms with Crippen LogP contribution in [0.15, 0.2) is 46.3 Å². The SMILES string of the molecule is CN=C(NCCCSc1ccc(F)cc1)NC1CC=CC1.I. The topological polar surface area (TPSA) is 36.4 Å². The van der Waals surface area contributed by atoms with Gasteiger partial charge in [0.15, 0.2) is 5.96 Å². The molecule has 2 N–H and O–H groups in total. The number of rotatable bonds is 6. The molecule has 0 spiro atoms. The molecule has 0 bridgehead atoms. The largest absolute Gasteiger partial charge is 0.356 e. The fourth-order valence-corrected chi connectivity index (χ4v) is 2.98. The molecule has 1 aliphatic carbocycles. The first-order valence-corrected chi connectivity index (χ1v) is 8.27. The van der Waals surface area contributed by atoms with Crippen molar-refractivity contribution in [2.24, 2.45) is 4.99 Å². The number of thioether (sulfide) groups is 1. The lowest BCUT2D eigenvalue weighted by atomic mass is 10.2. The van der Waals surface area contributed by atoms with Crippen molar-refractivity contribution in [3.63, 3.8) is 0 Å². The molecule has 0 heterocycles. The molecule has 0 amide bonds. The first kappa shape index (κ1) is 19.3. The van der Waals surface area contributed by atoms with Crippen LogP contribution in [0.1, 0.15) is 19.3 Å². The average molecular weight is 435 g/mol. The lowest BCUT2D eigenvalue weighted by Crippen LogP contribution is -2.42. The van der Waals surface area contributed by atoms with E-state index in [9.17, 15) is 4.39 Å². The van der Waals surface area contributed by atoms with Gasteiger partial charge >= 0.3 is 0 Å². The zero-order valence-electron chi connectivity index (χ0n) is 12.7. The molecule has 122 valence electrons. The van der Waals surface area contributed by atoms with Crippen molar-refractivity contribution in [1.29, 1.82) is 0 Å². The van der Waals surface area contributed by atoms with E-state index in [1.165, 1.54) is 12.1 Å². The zero-order valence-corrected chi connectivity index (χ0v) is 15.9. The molecule has 2 rings (SSSR count). The van der Waals surface area contributed by atoms with Gasteiger partial charge in [0.1, 0.15) is 5.82 Å². The highest BCUT2D eigenvalue weighted by molar-refractivity contribution is 14.0. The number of hydrogen-bond acceptors (Lipinski definition) is 2. The van der Waals surface area contributed by atoms with Crippen molar-refractivity contribution in [3.8, 4) is 0 Å². The van der Waals surface area contributed by atoms with Crippen molar-refractivity contribution in [3.05, 3.63) is 42.2 Å². The Hall–Kier alpha value is -0.760. The molecule has 0 fully saturated rings. The maximum Gasteiger partial charge on any atom is 0.191 e. The molecule has 1 aromatic rings. The van der Waals surface area contributed by atoms with Crippen LogP contribution in [-0.4, -0.2) is 31.3 Å². The van der Waals surface area contributed by atoms with Gasteiger partial charge in [0.05, 0.1) is 0 Å². The number of aliphatic imine (C=N–C) groups is 1. The maximum atomic E-state index is 12.8. The standard InChI is InChI=1S/C16H22FN3S.HI/c1-18-16(20-14-5-2-3-6-14)19-11-4-12-21-15-9-7-13(17)8-10-15;/h2-3,7-10,14H,4-6,11-12H2,1H3,(H2,18,19,20);1H. The van der Waals surface area contributed by atoms with Crippen LogP contribution in [0.2, 0.25) is 0 Å². The van der Waals surface area contributed by atoms with Crippen molar-refractivity contribution in [2.45, 2.75) is 30.2 Å². The second kappa shape index (κ2) is 10.9. The lowest BCUT2D eigenvalue weighted by Gasteiger charge is -2.16. The summed E-state index contributed by atoms with van der Waals surface area (Å²) in [6, 6.07) is 7.12. The Labute approximate surface area is 153 Å². The van der Waals surface area contributed by atoms with E-state index in [1.807, 2.05) is 12.1 Å². The van der Waals surface area contributed by atoms with E-state index in [2.05, 4.69) is 27.8 Å². The van der Waals surface area contributed by atoms with Crippen LogP contribution in [0.25, 0.3) is 0 Å². The lowest BCUT2D eigenvalue weighted by molar-refractivity contribution is 0.626. The van der Waals surface area contributed by atoms with Crippen LogP contribution in [0.3, 0.4) is 0 Å². The molecule has 3 nitrogen and oxygen atoms in total. The average Bonchev–Trinajstić information content (AvgIpc) is 3.00. The molecule has 1 aromatic carbocycles. The molecular formula is C16H23FIN3S. The Morgan fingerprint density at radius 1 is 1.27 bits per heavy atom. The highest BCUT2D eigenvalue weighted by Gasteiger charge is 2.10. The van der Waals surface area contributed by atoms with Crippen molar-refractivity contribution in [1.82, 2.24) is 10.6 Å². The van der Waals surface area contributed by atoms with E-state index in [-0.39, 0.29) is 29.8 Å². The van der Waals surface area contributed by atoms with Gasteiger partial charge in [-0.1, -0.05) is 12.2 Å². The van der Waals surface area contributed by atoms with Gasteiger partial charge in [0.25, 0.3) is 0 Å². The predicted molar refractivity (Wildman–Crippen MR) is 104 cm³/mol. The summed E-state index contributed by atoms with van der Waals surface area (Å²) in [4.78, 5) is 5.34. The fourth-order valence-electron chi connectivity index (χ4n) is 2.12. The van der Waals surface area contributed by atoms with E-state index >= 15 is 0 Å². The molecule has 0 aromatic heterocycles. The third-order valence-corrected chi connectivity index (χ3v) is 4.37. The summed E-state index contributed by atoms with van der Waals surface area (Å²) < 4.78 is 12.8. The first-order valence-electron chi connectivity index (χ1n) is 7.28. The molecule has 0 saturated carbocycles. The second-order valence-corrected chi connectivity index (χ2v) is 6.11. The Morgan fingerprint density at radius 3 is 2.59 bits per heavy atom. The fraction of sp³-hybridized carbons (Fsp3) is 0.438. The highest BCUT2D eigenvalue weighted by atomic mass is 127. The minimum atomic E-state index is -0.183. The summed E-state index contributed by atoms with van der Waals surface area (Å²) >= 11 is 1.74. The molecular weight excluding hydrogens is 412 g/mol. The maximum absolute atomic E-state index is 12.8. The quantitative estimate of drug-likeness (QED) is 0.178. The molecule has 1 aliphatic rings. The molecule has 22 heavy (non-hydrogen) atoms. The highest BCUT2D eigenvalue weighted by Crippen LogP contribution is 2.18. The van der Waals surface area contributed by atoms with Crippen molar-refractivity contribution < 1.29 is 4.39 Å². The smallest absolute Gasteiger partial charge is 0.191 e. The third kappa shape index (κ3) is 7.00. The molecule has 0 aliphatic heterocycles. The van der Waals surface area contributed by atoms with E-state index in [1.54, 1.807) is 18.8 Å². The van der Waals surface area contributed by atoms with Crippen molar-refractivity contribution >= 4 is 41.7 Å². The first-order chi connectivity index (χ1) is 10.3. The van der Waals surface area contributed by atoms with Crippen LogP contribution in [0.4, 0.5) is 4.39 Å². The van der Waals surface area contributed by atoms with Crippen LogP contribution in [0.5, 0.6) is 0 Å². The van der Waals surface area contributed by atoms with E-state index in [0.29, 0.717) is 6.04 Å². The summed E-state index contributed by atoms with van der Waals surface area (Å²) in [6.45, 7) is 0.883. The monoisotopic (exact) mass is 435 g/mol. The zero-order chi connectivity index (χ0) is 14.9. The van der Waals surface area contributed by atoms with Gasteiger partial charge in [-0.15, -0.1) is 35.7 Å². The molecule has 0 atom stereocenters. The van der Waals surface area contributed by atoms with Gasteiger partial charge in [0, 0.05) is 24.5 Å². The molecule has 0 radical (unpaired) electrons. The van der Waals surface area contributed by atoms with Crippen LogP contribution >= 0.6 is 35.7 Å². The summed E-state index contributed by atoms with van der Waals surface area (Å²) in [5, 5.41) is 6.74. The second-order valence-electron chi connectivity index (χ2n) is 4.94. The number of nitrogens with zero attached hydrogens (tertiary/aromatic N) is 1. The van der Waals surface area contributed by atoms with Gasteiger partial charge in [-0.25, -0.2) is 4.39 Å². The van der Waals surface area contributed by atoms with Gasteiger partial charge < -0.3 is 10.6 Å². The van der Waals surface area contributed by atoms with Gasteiger partial charge in [0.2, 0.25) is 0 Å². The minimum Gasteiger partial charge on any atom is -0.356 e. The third-order valence-electron chi connectivity index (χ3n) is 3.27. The number of benzene rings is 1. The Balaban J connectivity index is 0.00000242. The summed E-state index contributed by atoms with van der Waals surface area (Å²) in [6.07, 6.45) is 7.57. The van der Waals surface area contributed by atoms with Gasteiger partial charge in [-0.3, -0.25) is 4.99 Å². The van der Waals surface area contributed by atoms with Crippen molar-refractivity contribution in [2.75, 3.05) is 19.3 Å². The summed E-state index contributed by atoms with van der Waals surface area (Å²) in [5.74, 6) is 1.69. The summed E-state index contributed by atoms with van der Waals surface area (Å²) in [5.41, 5.74) is 0. The number of guanidine groups is 1. The summed E-state index contributed by atoms with van der Waals surface area (Å²) in [7, 11) is 1.80. The normalized spacial score (nSPS) is 14.7. The molecule has 0 saturated heterocycles. The van der Waals surface area contributed by atoms with Crippen LogP contribution in [0, 0.1) is 5.82 Å². The van der Waals surface area contributed by atoms with Gasteiger partial charge in [-0.05, 0) is 49.3 Å². The van der Waals surface area contributed by atoms with E-state index in [0.717, 1.165) is 42.4 Å². The molecule has 6 heteroatoms. The van der Waals surface area contributed by atoms with E-state index < -0.39 is 0 Å². The van der Waals surface area contributed by atoms with Crippen LogP contribution in [-0.2, 0) is 0 Å². The predicted octanol–water partition coefficient (Wildman–Crippen LogP) is 3.81. The van der Waals surface area contributed by atoms with Crippen LogP contribution < -0.4 is 10.6 Å².